The summed E-state index contributed by atoms with van der Waals surface area (Å²) in [6.45, 7) is 3.48. The lowest BCUT2D eigenvalue weighted by Crippen LogP contribution is -2.37. The van der Waals surface area contributed by atoms with Crippen molar-refractivity contribution >= 4 is 21.6 Å². The van der Waals surface area contributed by atoms with Crippen molar-refractivity contribution in [3.05, 3.63) is 83.4 Å². The molecule has 0 unspecified atom stereocenters. The van der Waals surface area contributed by atoms with Gasteiger partial charge in [-0.15, -0.1) is 0 Å². The van der Waals surface area contributed by atoms with Gasteiger partial charge in [-0.1, -0.05) is 48.5 Å². The fourth-order valence-electron chi connectivity index (χ4n) is 3.49. The summed E-state index contributed by atoms with van der Waals surface area (Å²) < 4.78 is 38.8. The Balaban J connectivity index is 1.94. The second kappa shape index (κ2) is 10.5. The number of rotatable bonds is 9. The molecule has 0 heterocycles. The summed E-state index contributed by atoms with van der Waals surface area (Å²) in [6.07, 6.45) is 0. The van der Waals surface area contributed by atoms with E-state index in [0.717, 1.165) is 21.0 Å². The molecule has 0 aliphatic rings. The predicted octanol–water partition coefficient (Wildman–Crippen LogP) is 4.15. The lowest BCUT2D eigenvalue weighted by Gasteiger charge is -2.23. The van der Waals surface area contributed by atoms with Gasteiger partial charge in [0.25, 0.3) is 0 Å². The molecule has 1 amide bonds. The lowest BCUT2D eigenvalue weighted by atomic mass is 10.1. The van der Waals surface area contributed by atoms with Gasteiger partial charge in [0.15, 0.2) is 11.5 Å². The Morgan fingerprint density at radius 3 is 2.12 bits per heavy atom. The van der Waals surface area contributed by atoms with Gasteiger partial charge in [-0.05, 0) is 42.7 Å². The van der Waals surface area contributed by atoms with Crippen LogP contribution in [-0.4, -0.2) is 39.4 Å². The summed E-state index contributed by atoms with van der Waals surface area (Å²) in [5, 5.41) is 2.87. The van der Waals surface area contributed by atoms with Crippen LogP contribution in [0, 0.1) is 13.8 Å². The molecule has 0 radical (unpaired) electrons. The van der Waals surface area contributed by atoms with Crippen LogP contribution in [0.3, 0.4) is 0 Å². The highest BCUT2D eigenvalue weighted by atomic mass is 32.2. The molecule has 0 atom stereocenters. The number of hydrogen-bond acceptors (Lipinski definition) is 5. The zero-order chi connectivity index (χ0) is 24.0. The van der Waals surface area contributed by atoms with Gasteiger partial charge in [0, 0.05) is 18.3 Å². The SMILES string of the molecule is COc1ccc(S(=O)(=O)N(CC(=O)Nc2c(C)cccc2C)Cc2ccccc2)cc1OC. The Morgan fingerprint density at radius 1 is 0.879 bits per heavy atom. The van der Waals surface area contributed by atoms with Crippen molar-refractivity contribution in [2.24, 2.45) is 0 Å². The molecule has 0 saturated heterocycles. The number of amides is 1. The van der Waals surface area contributed by atoms with E-state index in [1.54, 1.807) is 0 Å². The Labute approximate surface area is 195 Å². The van der Waals surface area contributed by atoms with Crippen molar-refractivity contribution in [1.29, 1.82) is 0 Å². The van der Waals surface area contributed by atoms with Gasteiger partial charge >= 0.3 is 0 Å². The first-order valence-electron chi connectivity index (χ1n) is 10.4. The van der Waals surface area contributed by atoms with E-state index < -0.39 is 15.9 Å². The number of carbonyl (C=O) groups excluding carboxylic acids is 1. The van der Waals surface area contributed by atoms with E-state index in [2.05, 4.69) is 5.32 Å². The van der Waals surface area contributed by atoms with Crippen LogP contribution in [0.1, 0.15) is 16.7 Å². The molecule has 0 saturated carbocycles. The molecule has 0 aliphatic carbocycles. The number of sulfonamides is 1. The summed E-state index contributed by atoms with van der Waals surface area (Å²) in [4.78, 5) is 13.0. The van der Waals surface area contributed by atoms with Crippen LogP contribution in [0.5, 0.6) is 11.5 Å². The highest BCUT2D eigenvalue weighted by molar-refractivity contribution is 7.89. The number of nitrogens with zero attached hydrogens (tertiary/aromatic N) is 1. The van der Waals surface area contributed by atoms with Crippen LogP contribution >= 0.6 is 0 Å². The van der Waals surface area contributed by atoms with E-state index in [1.807, 2.05) is 62.4 Å². The fraction of sp³-hybridized carbons (Fsp3) is 0.240. The predicted molar refractivity (Wildman–Crippen MR) is 128 cm³/mol. The molecular weight excluding hydrogens is 440 g/mol. The maximum absolute atomic E-state index is 13.6. The van der Waals surface area contributed by atoms with Crippen molar-refractivity contribution in [3.8, 4) is 11.5 Å². The van der Waals surface area contributed by atoms with Gasteiger partial charge in [-0.2, -0.15) is 4.31 Å². The molecule has 0 bridgehead atoms. The molecule has 3 aromatic rings. The molecule has 0 spiro atoms. The van der Waals surface area contributed by atoms with Crippen molar-refractivity contribution in [2.45, 2.75) is 25.3 Å². The molecule has 0 aromatic heterocycles. The first-order chi connectivity index (χ1) is 15.8. The summed E-state index contributed by atoms with van der Waals surface area (Å²) in [5.74, 6) is 0.282. The van der Waals surface area contributed by atoms with E-state index in [0.29, 0.717) is 17.2 Å². The van der Waals surface area contributed by atoms with Crippen LogP contribution in [0.15, 0.2) is 71.6 Å². The van der Waals surface area contributed by atoms with Crippen LogP contribution in [0.25, 0.3) is 0 Å². The highest BCUT2D eigenvalue weighted by Gasteiger charge is 2.28. The average molecular weight is 469 g/mol. The minimum absolute atomic E-state index is 0.0101. The molecule has 33 heavy (non-hydrogen) atoms. The lowest BCUT2D eigenvalue weighted by molar-refractivity contribution is -0.116. The number of benzene rings is 3. The smallest absolute Gasteiger partial charge is 0.243 e. The zero-order valence-electron chi connectivity index (χ0n) is 19.2. The summed E-state index contributed by atoms with van der Waals surface area (Å²) in [6, 6.07) is 19.2. The minimum Gasteiger partial charge on any atom is -0.493 e. The standard InChI is InChI=1S/C25H28N2O5S/c1-18-9-8-10-19(2)25(18)26-24(28)17-27(16-20-11-6-5-7-12-20)33(29,30)21-13-14-22(31-3)23(15-21)32-4/h5-15H,16-17H2,1-4H3,(H,26,28). The number of nitrogens with one attached hydrogen (secondary N) is 1. The monoisotopic (exact) mass is 468 g/mol. The van der Waals surface area contributed by atoms with E-state index in [1.165, 1.54) is 32.4 Å². The van der Waals surface area contributed by atoms with Gasteiger partial charge in [-0.3, -0.25) is 4.79 Å². The molecule has 8 heteroatoms. The van der Waals surface area contributed by atoms with E-state index in [-0.39, 0.29) is 18.0 Å². The maximum atomic E-state index is 13.6. The zero-order valence-corrected chi connectivity index (χ0v) is 20.0. The van der Waals surface area contributed by atoms with E-state index in [9.17, 15) is 13.2 Å². The first kappa shape index (κ1) is 24.3. The average Bonchev–Trinajstić information content (AvgIpc) is 2.81. The first-order valence-corrected chi connectivity index (χ1v) is 11.8. The third-order valence-corrected chi connectivity index (χ3v) is 7.05. The summed E-state index contributed by atoms with van der Waals surface area (Å²) >= 11 is 0. The molecule has 3 aromatic carbocycles. The second-order valence-electron chi connectivity index (χ2n) is 7.59. The van der Waals surface area contributed by atoms with Crippen LogP contribution in [-0.2, 0) is 21.4 Å². The van der Waals surface area contributed by atoms with Gasteiger partial charge < -0.3 is 14.8 Å². The van der Waals surface area contributed by atoms with Gasteiger partial charge in [0.1, 0.15) is 0 Å². The molecule has 1 N–H and O–H groups in total. The molecule has 0 fully saturated rings. The Kier molecular flexibility index (Phi) is 7.73. The van der Waals surface area contributed by atoms with Crippen LogP contribution < -0.4 is 14.8 Å². The number of methoxy groups -OCH3 is 2. The number of ether oxygens (including phenoxy) is 2. The number of anilines is 1. The van der Waals surface area contributed by atoms with Crippen molar-refractivity contribution in [1.82, 2.24) is 4.31 Å². The van der Waals surface area contributed by atoms with Crippen molar-refractivity contribution in [2.75, 3.05) is 26.1 Å². The fourth-order valence-corrected chi connectivity index (χ4v) is 4.89. The van der Waals surface area contributed by atoms with Gasteiger partial charge in [0.05, 0.1) is 25.7 Å². The van der Waals surface area contributed by atoms with E-state index in [4.69, 9.17) is 9.47 Å². The number of hydrogen-bond donors (Lipinski definition) is 1. The Bertz CT molecular complexity index is 1210. The number of para-hydroxylation sites is 1. The van der Waals surface area contributed by atoms with Crippen LogP contribution in [0.4, 0.5) is 5.69 Å². The van der Waals surface area contributed by atoms with Crippen molar-refractivity contribution in [3.63, 3.8) is 0 Å². The van der Waals surface area contributed by atoms with Crippen molar-refractivity contribution < 1.29 is 22.7 Å². The molecule has 174 valence electrons. The summed E-state index contributed by atoms with van der Waals surface area (Å²) in [7, 11) is -1.11. The molecule has 7 nitrogen and oxygen atoms in total. The summed E-state index contributed by atoms with van der Waals surface area (Å²) in [5.41, 5.74) is 3.26. The highest BCUT2D eigenvalue weighted by Crippen LogP contribution is 2.31. The number of aryl methyl sites for hydroxylation is 2. The number of carbonyl (C=O) groups is 1. The third kappa shape index (κ3) is 5.71. The molecule has 0 aliphatic heterocycles. The third-order valence-electron chi connectivity index (χ3n) is 5.26. The van der Waals surface area contributed by atoms with E-state index >= 15 is 0 Å². The molecule has 3 rings (SSSR count). The minimum atomic E-state index is -4.03. The largest absolute Gasteiger partial charge is 0.493 e. The second-order valence-corrected chi connectivity index (χ2v) is 9.53. The van der Waals surface area contributed by atoms with Gasteiger partial charge in [-0.25, -0.2) is 8.42 Å². The maximum Gasteiger partial charge on any atom is 0.243 e. The molecular formula is C25H28N2O5S. The van der Waals surface area contributed by atoms with Gasteiger partial charge in [0.2, 0.25) is 15.9 Å². The topological polar surface area (TPSA) is 84.9 Å². The Morgan fingerprint density at radius 2 is 1.52 bits per heavy atom. The van der Waals surface area contributed by atoms with Crippen LogP contribution in [0.2, 0.25) is 0 Å². The quantitative estimate of drug-likeness (QED) is 0.510. The Hall–Kier alpha value is -3.36. The normalized spacial score (nSPS) is 11.3.